The molecule has 0 bridgehead atoms. The van der Waals surface area contributed by atoms with E-state index in [0.717, 1.165) is 12.1 Å². The predicted molar refractivity (Wildman–Crippen MR) is 74.4 cm³/mol. The maximum absolute atomic E-state index is 3.80. The number of hydrogen-bond donors (Lipinski definition) is 1. The fourth-order valence-corrected chi connectivity index (χ4v) is 3.52. The number of nitrogens with zero attached hydrogens (tertiary/aromatic N) is 1. The Morgan fingerprint density at radius 3 is 2.29 bits per heavy atom. The third kappa shape index (κ3) is 4.26. The molecule has 2 fully saturated rings. The zero-order valence-electron chi connectivity index (χ0n) is 12.0. The van der Waals surface area contributed by atoms with Crippen LogP contribution in [0.1, 0.15) is 65.7 Å². The maximum Gasteiger partial charge on any atom is 0.0110 e. The fraction of sp³-hybridized carbons (Fsp3) is 1.00. The van der Waals surface area contributed by atoms with Crippen molar-refractivity contribution in [3.63, 3.8) is 0 Å². The van der Waals surface area contributed by atoms with Crippen LogP contribution in [0.3, 0.4) is 0 Å². The van der Waals surface area contributed by atoms with E-state index in [-0.39, 0.29) is 5.54 Å². The molecule has 2 aliphatic rings. The summed E-state index contributed by atoms with van der Waals surface area (Å²) in [4.78, 5) is 2.76. The number of likely N-dealkylation sites (tertiary alicyclic amines) is 1. The van der Waals surface area contributed by atoms with Gasteiger partial charge in [-0.2, -0.15) is 0 Å². The minimum atomic E-state index is 0.272. The Morgan fingerprint density at radius 2 is 1.65 bits per heavy atom. The van der Waals surface area contributed by atoms with Crippen molar-refractivity contribution < 1.29 is 0 Å². The first-order valence-electron chi connectivity index (χ1n) is 7.56. The molecule has 0 amide bonds. The van der Waals surface area contributed by atoms with E-state index in [1.54, 1.807) is 0 Å². The van der Waals surface area contributed by atoms with Crippen LogP contribution in [0.2, 0.25) is 0 Å². The van der Waals surface area contributed by atoms with Gasteiger partial charge in [0.05, 0.1) is 0 Å². The highest BCUT2D eigenvalue weighted by Gasteiger charge is 2.29. The van der Waals surface area contributed by atoms with E-state index in [1.165, 1.54) is 58.0 Å². The van der Waals surface area contributed by atoms with Gasteiger partial charge in [-0.25, -0.2) is 0 Å². The molecule has 0 radical (unpaired) electrons. The van der Waals surface area contributed by atoms with Gasteiger partial charge in [0.2, 0.25) is 0 Å². The minimum Gasteiger partial charge on any atom is -0.309 e. The van der Waals surface area contributed by atoms with Gasteiger partial charge in [-0.15, -0.1) is 0 Å². The lowest BCUT2D eigenvalue weighted by Crippen LogP contribution is -2.50. The topological polar surface area (TPSA) is 15.3 Å². The summed E-state index contributed by atoms with van der Waals surface area (Å²) < 4.78 is 0. The molecule has 1 aliphatic heterocycles. The first kappa shape index (κ1) is 13.4. The van der Waals surface area contributed by atoms with Crippen molar-refractivity contribution >= 4 is 0 Å². The number of hydrogen-bond acceptors (Lipinski definition) is 2. The van der Waals surface area contributed by atoms with E-state index in [2.05, 4.69) is 31.0 Å². The maximum atomic E-state index is 3.80. The third-order valence-electron chi connectivity index (χ3n) is 4.19. The van der Waals surface area contributed by atoms with Crippen LogP contribution in [0.15, 0.2) is 0 Å². The summed E-state index contributed by atoms with van der Waals surface area (Å²) in [6.45, 7) is 9.58. The SMILES string of the molecule is CC(C)(C)N[C@@H]1CCC[C@@H](N2CCCCC2)C1. The highest BCUT2D eigenvalue weighted by atomic mass is 15.2. The lowest BCUT2D eigenvalue weighted by atomic mass is 9.87. The van der Waals surface area contributed by atoms with E-state index in [9.17, 15) is 0 Å². The summed E-state index contributed by atoms with van der Waals surface area (Å²) in [6, 6.07) is 1.61. The van der Waals surface area contributed by atoms with Crippen molar-refractivity contribution in [2.24, 2.45) is 0 Å². The fourth-order valence-electron chi connectivity index (χ4n) is 3.52. The molecule has 0 spiro atoms. The van der Waals surface area contributed by atoms with Gasteiger partial charge in [0, 0.05) is 17.6 Å². The van der Waals surface area contributed by atoms with E-state index in [4.69, 9.17) is 0 Å². The van der Waals surface area contributed by atoms with Crippen molar-refractivity contribution in [1.82, 2.24) is 10.2 Å². The molecular formula is C15H30N2. The summed E-state index contributed by atoms with van der Waals surface area (Å²) >= 11 is 0. The van der Waals surface area contributed by atoms with Gasteiger partial charge in [0.1, 0.15) is 0 Å². The van der Waals surface area contributed by atoms with Crippen LogP contribution in [0.4, 0.5) is 0 Å². The van der Waals surface area contributed by atoms with Crippen molar-refractivity contribution in [2.75, 3.05) is 13.1 Å². The molecule has 1 heterocycles. The second-order valence-electron chi connectivity index (χ2n) is 7.01. The van der Waals surface area contributed by atoms with Gasteiger partial charge in [-0.1, -0.05) is 12.8 Å². The Labute approximate surface area is 107 Å². The minimum absolute atomic E-state index is 0.272. The Bertz CT molecular complexity index is 226. The first-order valence-corrected chi connectivity index (χ1v) is 7.56. The molecule has 17 heavy (non-hydrogen) atoms. The quantitative estimate of drug-likeness (QED) is 0.795. The Balaban J connectivity index is 1.83. The second kappa shape index (κ2) is 5.71. The molecule has 100 valence electrons. The van der Waals surface area contributed by atoms with Gasteiger partial charge in [0.15, 0.2) is 0 Å². The van der Waals surface area contributed by atoms with Crippen LogP contribution in [0.5, 0.6) is 0 Å². The normalized spacial score (nSPS) is 32.6. The summed E-state index contributed by atoms with van der Waals surface area (Å²) in [7, 11) is 0. The van der Waals surface area contributed by atoms with Crippen molar-refractivity contribution in [3.8, 4) is 0 Å². The monoisotopic (exact) mass is 238 g/mol. The average molecular weight is 238 g/mol. The summed E-state index contributed by atoms with van der Waals surface area (Å²) in [5, 5.41) is 3.80. The molecular weight excluding hydrogens is 208 g/mol. The van der Waals surface area contributed by atoms with Crippen molar-refractivity contribution in [2.45, 2.75) is 83.3 Å². The average Bonchev–Trinajstić information content (AvgIpc) is 2.28. The van der Waals surface area contributed by atoms with Gasteiger partial charge in [0.25, 0.3) is 0 Å². The number of rotatable bonds is 2. The Kier molecular flexibility index (Phi) is 4.48. The molecule has 1 saturated heterocycles. The van der Waals surface area contributed by atoms with E-state index >= 15 is 0 Å². The second-order valence-corrected chi connectivity index (χ2v) is 7.01. The number of piperidine rings is 1. The predicted octanol–water partition coefficient (Wildman–Crippen LogP) is 3.17. The van der Waals surface area contributed by atoms with Crippen LogP contribution in [0.25, 0.3) is 0 Å². The van der Waals surface area contributed by atoms with Crippen molar-refractivity contribution in [3.05, 3.63) is 0 Å². The van der Waals surface area contributed by atoms with Gasteiger partial charge in [-0.05, 0) is 66.0 Å². The van der Waals surface area contributed by atoms with Crippen LogP contribution in [0, 0.1) is 0 Å². The van der Waals surface area contributed by atoms with Gasteiger partial charge < -0.3 is 10.2 Å². The third-order valence-corrected chi connectivity index (χ3v) is 4.19. The summed E-state index contributed by atoms with van der Waals surface area (Å²) in [5.74, 6) is 0. The van der Waals surface area contributed by atoms with Crippen molar-refractivity contribution in [1.29, 1.82) is 0 Å². The molecule has 2 atom stereocenters. The summed E-state index contributed by atoms with van der Waals surface area (Å²) in [6.07, 6.45) is 9.89. The van der Waals surface area contributed by atoms with Gasteiger partial charge in [-0.3, -0.25) is 0 Å². The molecule has 0 unspecified atom stereocenters. The first-order chi connectivity index (χ1) is 8.04. The zero-order valence-corrected chi connectivity index (χ0v) is 12.0. The zero-order chi connectivity index (χ0) is 12.3. The van der Waals surface area contributed by atoms with E-state index in [1.807, 2.05) is 0 Å². The molecule has 0 aromatic carbocycles. The Morgan fingerprint density at radius 1 is 0.941 bits per heavy atom. The molecule has 1 saturated carbocycles. The van der Waals surface area contributed by atoms with Crippen LogP contribution >= 0.6 is 0 Å². The molecule has 2 nitrogen and oxygen atoms in total. The van der Waals surface area contributed by atoms with Crippen LogP contribution in [-0.2, 0) is 0 Å². The molecule has 2 heteroatoms. The van der Waals surface area contributed by atoms with E-state index in [0.29, 0.717) is 0 Å². The standard InChI is InChI=1S/C15H30N2/c1-15(2,3)16-13-8-7-9-14(12-13)17-10-5-4-6-11-17/h13-14,16H,4-12H2,1-3H3/t13-,14-/m1/s1. The molecule has 0 aromatic rings. The molecule has 1 aliphatic carbocycles. The summed E-state index contributed by atoms with van der Waals surface area (Å²) in [5.41, 5.74) is 0.272. The largest absolute Gasteiger partial charge is 0.309 e. The van der Waals surface area contributed by atoms with Crippen LogP contribution in [-0.4, -0.2) is 35.6 Å². The molecule has 1 N–H and O–H groups in total. The lowest BCUT2D eigenvalue weighted by Gasteiger charge is -2.41. The molecule has 2 rings (SSSR count). The highest BCUT2D eigenvalue weighted by Crippen LogP contribution is 2.26. The molecule has 0 aromatic heterocycles. The smallest absolute Gasteiger partial charge is 0.0110 e. The van der Waals surface area contributed by atoms with Gasteiger partial charge >= 0.3 is 0 Å². The highest BCUT2D eigenvalue weighted by molar-refractivity contribution is 4.88. The number of nitrogens with one attached hydrogen (secondary N) is 1. The van der Waals surface area contributed by atoms with E-state index < -0.39 is 0 Å². The van der Waals surface area contributed by atoms with Crippen LogP contribution < -0.4 is 5.32 Å². The lowest BCUT2D eigenvalue weighted by molar-refractivity contribution is 0.111. The Hall–Kier alpha value is -0.0800.